The van der Waals surface area contributed by atoms with Gasteiger partial charge in [-0.2, -0.15) is 0 Å². The molecule has 1 aliphatic heterocycles. The lowest BCUT2D eigenvalue weighted by Gasteiger charge is -2.30. The Morgan fingerprint density at radius 3 is 2.35 bits per heavy atom. The Labute approximate surface area is 138 Å². The standard InChI is InChI=1S/C19H27NO3/c1-13(2)10-19(3,4)18(23)20-11-15(16(12-20)17(21)22)14-8-6-5-7-9-14/h5-9,13,15-16H,10-12H2,1-4H3,(H,21,22). The summed E-state index contributed by atoms with van der Waals surface area (Å²) >= 11 is 0. The van der Waals surface area contributed by atoms with E-state index in [2.05, 4.69) is 13.8 Å². The number of carboxylic acids is 1. The quantitative estimate of drug-likeness (QED) is 0.905. The first-order chi connectivity index (χ1) is 10.7. The molecule has 4 nitrogen and oxygen atoms in total. The molecule has 126 valence electrons. The Morgan fingerprint density at radius 1 is 1.22 bits per heavy atom. The molecule has 1 heterocycles. The highest BCUT2D eigenvalue weighted by molar-refractivity contribution is 5.84. The van der Waals surface area contributed by atoms with Crippen molar-refractivity contribution in [3.8, 4) is 0 Å². The Bertz CT molecular complexity index is 565. The predicted molar refractivity (Wildman–Crippen MR) is 90.1 cm³/mol. The molecule has 1 aromatic rings. The molecule has 2 atom stereocenters. The van der Waals surface area contributed by atoms with Crippen molar-refractivity contribution < 1.29 is 14.7 Å². The van der Waals surface area contributed by atoms with Crippen molar-refractivity contribution in [3.63, 3.8) is 0 Å². The van der Waals surface area contributed by atoms with Gasteiger partial charge in [-0.1, -0.05) is 58.0 Å². The Balaban J connectivity index is 2.20. The minimum absolute atomic E-state index is 0.0656. The van der Waals surface area contributed by atoms with Crippen LogP contribution in [0.5, 0.6) is 0 Å². The predicted octanol–water partition coefficient (Wildman–Crippen LogP) is 3.39. The summed E-state index contributed by atoms with van der Waals surface area (Å²) in [4.78, 5) is 26.3. The summed E-state index contributed by atoms with van der Waals surface area (Å²) in [5, 5.41) is 9.55. The number of carbonyl (C=O) groups is 2. The number of carbonyl (C=O) groups excluding carboxylic acids is 1. The lowest BCUT2D eigenvalue weighted by atomic mass is 9.82. The third kappa shape index (κ3) is 3.92. The second-order valence-electron chi connectivity index (χ2n) is 7.65. The number of nitrogens with zero attached hydrogens (tertiary/aromatic N) is 1. The molecule has 2 rings (SSSR count). The molecule has 1 N–H and O–H groups in total. The Morgan fingerprint density at radius 2 is 1.83 bits per heavy atom. The van der Waals surface area contributed by atoms with Crippen molar-refractivity contribution in [2.24, 2.45) is 17.3 Å². The van der Waals surface area contributed by atoms with Gasteiger partial charge in [-0.15, -0.1) is 0 Å². The lowest BCUT2D eigenvalue weighted by molar-refractivity contribution is -0.143. The number of rotatable bonds is 5. The van der Waals surface area contributed by atoms with Crippen molar-refractivity contribution in [2.75, 3.05) is 13.1 Å². The molecule has 0 bridgehead atoms. The number of aliphatic carboxylic acids is 1. The van der Waals surface area contributed by atoms with Crippen LogP contribution in [-0.2, 0) is 9.59 Å². The van der Waals surface area contributed by atoms with E-state index >= 15 is 0 Å². The Hall–Kier alpha value is -1.84. The van der Waals surface area contributed by atoms with E-state index in [0.717, 1.165) is 12.0 Å². The highest BCUT2D eigenvalue weighted by Gasteiger charge is 2.43. The minimum Gasteiger partial charge on any atom is -0.481 e. The molecule has 0 spiro atoms. The third-order valence-corrected chi connectivity index (χ3v) is 4.65. The largest absolute Gasteiger partial charge is 0.481 e. The fraction of sp³-hybridized carbons (Fsp3) is 0.579. The zero-order chi connectivity index (χ0) is 17.2. The molecule has 1 amide bonds. The Kier molecular flexibility index (Phi) is 5.12. The zero-order valence-corrected chi connectivity index (χ0v) is 14.5. The summed E-state index contributed by atoms with van der Waals surface area (Å²) in [6.07, 6.45) is 0.802. The zero-order valence-electron chi connectivity index (χ0n) is 14.5. The van der Waals surface area contributed by atoms with Crippen LogP contribution in [0.15, 0.2) is 30.3 Å². The van der Waals surface area contributed by atoms with E-state index in [4.69, 9.17) is 0 Å². The second kappa shape index (κ2) is 6.73. The first kappa shape index (κ1) is 17.5. The number of carboxylic acid groups (broad SMARTS) is 1. The van der Waals surface area contributed by atoms with E-state index in [0.29, 0.717) is 19.0 Å². The number of hydrogen-bond acceptors (Lipinski definition) is 2. The van der Waals surface area contributed by atoms with Crippen LogP contribution in [0.2, 0.25) is 0 Å². The molecule has 1 aromatic carbocycles. The van der Waals surface area contributed by atoms with Crippen molar-refractivity contribution in [2.45, 2.75) is 40.0 Å². The first-order valence-corrected chi connectivity index (χ1v) is 8.29. The molecule has 0 saturated carbocycles. The highest BCUT2D eigenvalue weighted by Crippen LogP contribution is 2.36. The van der Waals surface area contributed by atoms with Gasteiger partial charge in [-0.25, -0.2) is 0 Å². The van der Waals surface area contributed by atoms with Crippen LogP contribution in [0, 0.1) is 17.3 Å². The molecule has 1 fully saturated rings. The molecule has 0 aliphatic carbocycles. The molecule has 2 unspecified atom stereocenters. The van der Waals surface area contributed by atoms with Crippen LogP contribution >= 0.6 is 0 Å². The van der Waals surface area contributed by atoms with Gasteiger partial charge in [0.2, 0.25) is 5.91 Å². The molecule has 0 aromatic heterocycles. The smallest absolute Gasteiger partial charge is 0.308 e. The second-order valence-corrected chi connectivity index (χ2v) is 7.65. The van der Waals surface area contributed by atoms with Gasteiger partial charge in [0.25, 0.3) is 0 Å². The summed E-state index contributed by atoms with van der Waals surface area (Å²) in [6, 6.07) is 9.66. The molecular weight excluding hydrogens is 290 g/mol. The van der Waals surface area contributed by atoms with Crippen LogP contribution in [-0.4, -0.2) is 35.0 Å². The van der Waals surface area contributed by atoms with Crippen molar-refractivity contribution in [1.29, 1.82) is 0 Å². The van der Waals surface area contributed by atoms with E-state index < -0.39 is 17.3 Å². The summed E-state index contributed by atoms with van der Waals surface area (Å²) in [6.45, 7) is 8.91. The number of likely N-dealkylation sites (tertiary alicyclic amines) is 1. The van der Waals surface area contributed by atoms with Gasteiger partial charge in [-0.3, -0.25) is 9.59 Å². The molecular formula is C19H27NO3. The molecule has 23 heavy (non-hydrogen) atoms. The fourth-order valence-electron chi connectivity index (χ4n) is 3.79. The molecule has 0 radical (unpaired) electrons. The highest BCUT2D eigenvalue weighted by atomic mass is 16.4. The van der Waals surface area contributed by atoms with Crippen molar-refractivity contribution in [3.05, 3.63) is 35.9 Å². The van der Waals surface area contributed by atoms with Gasteiger partial charge in [0, 0.05) is 24.4 Å². The summed E-state index contributed by atoms with van der Waals surface area (Å²) in [7, 11) is 0. The minimum atomic E-state index is -0.823. The first-order valence-electron chi connectivity index (χ1n) is 8.29. The number of hydrogen-bond donors (Lipinski definition) is 1. The van der Waals surface area contributed by atoms with E-state index in [1.165, 1.54) is 0 Å². The summed E-state index contributed by atoms with van der Waals surface area (Å²) in [5.41, 5.74) is 0.542. The maximum atomic E-state index is 12.9. The van der Waals surface area contributed by atoms with E-state index in [1.54, 1.807) is 4.90 Å². The van der Waals surface area contributed by atoms with Crippen LogP contribution in [0.3, 0.4) is 0 Å². The summed E-state index contributed by atoms with van der Waals surface area (Å²) < 4.78 is 0. The molecule has 1 aliphatic rings. The number of benzene rings is 1. The van der Waals surface area contributed by atoms with Gasteiger partial charge in [0.15, 0.2) is 0 Å². The van der Waals surface area contributed by atoms with E-state index in [-0.39, 0.29) is 11.8 Å². The van der Waals surface area contributed by atoms with E-state index in [1.807, 2.05) is 44.2 Å². The van der Waals surface area contributed by atoms with Crippen molar-refractivity contribution >= 4 is 11.9 Å². The van der Waals surface area contributed by atoms with Gasteiger partial charge >= 0.3 is 5.97 Å². The third-order valence-electron chi connectivity index (χ3n) is 4.65. The summed E-state index contributed by atoms with van der Waals surface area (Å²) in [5.74, 6) is -0.993. The fourth-order valence-corrected chi connectivity index (χ4v) is 3.79. The van der Waals surface area contributed by atoms with Gasteiger partial charge < -0.3 is 10.0 Å². The number of amides is 1. The maximum Gasteiger partial charge on any atom is 0.308 e. The maximum absolute atomic E-state index is 12.9. The lowest BCUT2D eigenvalue weighted by Crippen LogP contribution is -2.40. The van der Waals surface area contributed by atoms with Crippen LogP contribution < -0.4 is 0 Å². The van der Waals surface area contributed by atoms with Crippen LogP contribution in [0.25, 0.3) is 0 Å². The monoisotopic (exact) mass is 317 g/mol. The molecule has 1 saturated heterocycles. The molecule has 4 heteroatoms. The average Bonchev–Trinajstić information content (AvgIpc) is 2.91. The van der Waals surface area contributed by atoms with Gasteiger partial charge in [0.05, 0.1) is 5.92 Å². The van der Waals surface area contributed by atoms with Gasteiger partial charge in [0.1, 0.15) is 0 Å². The topological polar surface area (TPSA) is 57.6 Å². The van der Waals surface area contributed by atoms with Crippen molar-refractivity contribution in [1.82, 2.24) is 4.90 Å². The van der Waals surface area contributed by atoms with Crippen LogP contribution in [0.1, 0.15) is 45.6 Å². The van der Waals surface area contributed by atoms with Gasteiger partial charge in [-0.05, 0) is 17.9 Å². The average molecular weight is 317 g/mol. The SMILES string of the molecule is CC(C)CC(C)(C)C(=O)N1CC(C(=O)O)C(c2ccccc2)C1. The van der Waals surface area contributed by atoms with Crippen LogP contribution in [0.4, 0.5) is 0 Å². The van der Waals surface area contributed by atoms with E-state index in [9.17, 15) is 14.7 Å². The normalized spacial score (nSPS) is 21.7.